The molecule has 0 bridgehead atoms. The van der Waals surface area contributed by atoms with Crippen molar-refractivity contribution in [2.45, 2.75) is 51.6 Å². The number of carbonyl (C=O) groups excluding carboxylic acids is 1. The van der Waals surface area contributed by atoms with Crippen LogP contribution in [0.15, 0.2) is 0 Å². The zero-order valence-corrected chi connectivity index (χ0v) is 10.0. The molecule has 1 fully saturated rings. The molecule has 3 N–H and O–H groups in total. The second kappa shape index (κ2) is 4.84. The molecule has 88 valence electrons. The maximum Gasteiger partial charge on any atom is 0.318 e. The average molecular weight is 213 g/mol. The van der Waals surface area contributed by atoms with Crippen LogP contribution in [-0.4, -0.2) is 35.6 Å². The van der Waals surface area contributed by atoms with Gasteiger partial charge in [0.25, 0.3) is 0 Å². The van der Waals surface area contributed by atoms with Crippen molar-refractivity contribution in [3.63, 3.8) is 0 Å². The van der Waals surface area contributed by atoms with Crippen molar-refractivity contribution in [3.8, 4) is 0 Å². The van der Waals surface area contributed by atoms with Gasteiger partial charge in [-0.3, -0.25) is 0 Å². The van der Waals surface area contributed by atoms with Gasteiger partial charge in [-0.2, -0.15) is 0 Å². The summed E-state index contributed by atoms with van der Waals surface area (Å²) in [6.07, 6.45) is 3.11. The van der Waals surface area contributed by atoms with Gasteiger partial charge in [0.15, 0.2) is 0 Å². The van der Waals surface area contributed by atoms with E-state index in [0.29, 0.717) is 12.6 Å². The van der Waals surface area contributed by atoms with Crippen LogP contribution >= 0.6 is 0 Å². The van der Waals surface area contributed by atoms with E-state index < -0.39 is 0 Å². The SMILES string of the molecule is CC(C)(C)NC(=O)N1CCCC1CCN. The van der Waals surface area contributed by atoms with Crippen molar-refractivity contribution in [3.05, 3.63) is 0 Å². The van der Waals surface area contributed by atoms with Crippen LogP contribution in [0.2, 0.25) is 0 Å². The zero-order chi connectivity index (χ0) is 11.5. The molecule has 0 spiro atoms. The molecule has 2 amide bonds. The molecule has 1 heterocycles. The van der Waals surface area contributed by atoms with Gasteiger partial charge >= 0.3 is 6.03 Å². The topological polar surface area (TPSA) is 58.4 Å². The lowest BCUT2D eigenvalue weighted by Crippen LogP contribution is -2.50. The molecule has 1 atom stereocenters. The Kier molecular flexibility index (Phi) is 3.97. The molecule has 1 aliphatic heterocycles. The minimum atomic E-state index is -0.160. The highest BCUT2D eigenvalue weighted by atomic mass is 16.2. The number of rotatable bonds is 2. The summed E-state index contributed by atoms with van der Waals surface area (Å²) in [6, 6.07) is 0.399. The first-order chi connectivity index (χ1) is 6.94. The van der Waals surface area contributed by atoms with E-state index in [4.69, 9.17) is 5.73 Å². The molecule has 15 heavy (non-hydrogen) atoms. The van der Waals surface area contributed by atoms with Gasteiger partial charge < -0.3 is 16.0 Å². The lowest BCUT2D eigenvalue weighted by Gasteiger charge is -2.29. The highest BCUT2D eigenvalue weighted by Gasteiger charge is 2.29. The number of nitrogens with two attached hydrogens (primary N) is 1. The average Bonchev–Trinajstić information content (AvgIpc) is 2.49. The molecule has 1 unspecified atom stereocenters. The van der Waals surface area contributed by atoms with Gasteiger partial charge in [0.1, 0.15) is 0 Å². The first kappa shape index (κ1) is 12.3. The molecule has 1 rings (SSSR count). The summed E-state index contributed by atoms with van der Waals surface area (Å²) in [5, 5.41) is 3.00. The summed E-state index contributed by atoms with van der Waals surface area (Å²) in [5.74, 6) is 0. The molecule has 4 heteroatoms. The van der Waals surface area contributed by atoms with Crippen molar-refractivity contribution in [1.29, 1.82) is 0 Å². The van der Waals surface area contributed by atoms with Crippen LogP contribution in [-0.2, 0) is 0 Å². The van der Waals surface area contributed by atoms with Gasteiger partial charge in [0.05, 0.1) is 0 Å². The number of nitrogens with one attached hydrogen (secondary N) is 1. The quantitative estimate of drug-likeness (QED) is 0.726. The summed E-state index contributed by atoms with van der Waals surface area (Å²) < 4.78 is 0. The molecule has 1 aliphatic rings. The number of hydrogen-bond donors (Lipinski definition) is 2. The predicted octanol–water partition coefficient (Wildman–Crippen LogP) is 1.31. The number of urea groups is 1. The fraction of sp³-hybridized carbons (Fsp3) is 0.909. The summed E-state index contributed by atoms with van der Waals surface area (Å²) in [4.78, 5) is 13.8. The van der Waals surface area contributed by atoms with Crippen molar-refractivity contribution in [1.82, 2.24) is 10.2 Å². The van der Waals surface area contributed by atoms with E-state index in [9.17, 15) is 4.79 Å². The molecule has 0 aromatic rings. The van der Waals surface area contributed by atoms with Crippen LogP contribution < -0.4 is 11.1 Å². The normalized spacial score (nSPS) is 21.9. The highest BCUT2D eigenvalue weighted by molar-refractivity contribution is 5.75. The lowest BCUT2D eigenvalue weighted by atomic mass is 10.1. The number of amides is 2. The third-order valence-electron chi connectivity index (χ3n) is 2.62. The minimum Gasteiger partial charge on any atom is -0.333 e. The molecule has 0 aliphatic carbocycles. The van der Waals surface area contributed by atoms with Crippen molar-refractivity contribution < 1.29 is 4.79 Å². The smallest absolute Gasteiger partial charge is 0.318 e. The monoisotopic (exact) mass is 213 g/mol. The number of nitrogens with zero attached hydrogens (tertiary/aromatic N) is 1. The standard InChI is InChI=1S/C11H23N3O/c1-11(2,3)13-10(15)14-8-4-5-9(14)6-7-12/h9H,4-8,12H2,1-3H3,(H,13,15). The fourth-order valence-electron chi connectivity index (χ4n) is 1.99. The van der Waals surface area contributed by atoms with E-state index >= 15 is 0 Å². The Bertz CT molecular complexity index is 222. The van der Waals surface area contributed by atoms with Gasteiger partial charge in [0, 0.05) is 18.1 Å². The van der Waals surface area contributed by atoms with Crippen molar-refractivity contribution in [2.24, 2.45) is 5.73 Å². The number of likely N-dealkylation sites (tertiary alicyclic amines) is 1. The van der Waals surface area contributed by atoms with E-state index in [1.165, 1.54) is 0 Å². The van der Waals surface area contributed by atoms with Gasteiger partial charge in [0.2, 0.25) is 0 Å². The Morgan fingerprint density at radius 1 is 1.53 bits per heavy atom. The number of hydrogen-bond acceptors (Lipinski definition) is 2. The van der Waals surface area contributed by atoms with E-state index in [1.54, 1.807) is 0 Å². The molecule has 1 saturated heterocycles. The summed E-state index contributed by atoms with van der Waals surface area (Å²) >= 11 is 0. The van der Waals surface area contributed by atoms with E-state index in [0.717, 1.165) is 25.8 Å². The Morgan fingerprint density at radius 2 is 2.20 bits per heavy atom. The highest BCUT2D eigenvalue weighted by Crippen LogP contribution is 2.20. The summed E-state index contributed by atoms with van der Waals surface area (Å²) in [6.45, 7) is 7.52. The molecule has 0 radical (unpaired) electrons. The van der Waals surface area contributed by atoms with Crippen molar-refractivity contribution >= 4 is 6.03 Å². The Morgan fingerprint density at radius 3 is 2.73 bits per heavy atom. The maximum atomic E-state index is 11.9. The van der Waals surface area contributed by atoms with E-state index in [2.05, 4.69) is 5.32 Å². The van der Waals surface area contributed by atoms with Crippen LogP contribution in [0.4, 0.5) is 4.79 Å². The lowest BCUT2D eigenvalue weighted by molar-refractivity contribution is 0.181. The number of carbonyl (C=O) groups is 1. The van der Waals surface area contributed by atoms with Gasteiger partial charge in [-0.15, -0.1) is 0 Å². The molecule has 4 nitrogen and oxygen atoms in total. The summed E-state index contributed by atoms with van der Waals surface area (Å²) in [7, 11) is 0. The van der Waals surface area contributed by atoms with E-state index in [-0.39, 0.29) is 11.6 Å². The minimum absolute atomic E-state index is 0.0541. The molecular formula is C11H23N3O. The zero-order valence-electron chi connectivity index (χ0n) is 10.0. The third kappa shape index (κ3) is 3.70. The summed E-state index contributed by atoms with van der Waals surface area (Å²) in [5.41, 5.74) is 5.38. The third-order valence-corrected chi connectivity index (χ3v) is 2.62. The first-order valence-electron chi connectivity index (χ1n) is 5.73. The second-order valence-electron chi connectivity index (χ2n) is 5.25. The predicted molar refractivity (Wildman–Crippen MR) is 61.7 cm³/mol. The Hall–Kier alpha value is -0.770. The van der Waals surface area contributed by atoms with Crippen molar-refractivity contribution in [2.75, 3.05) is 13.1 Å². The van der Waals surface area contributed by atoms with Crippen LogP contribution in [0.5, 0.6) is 0 Å². The van der Waals surface area contributed by atoms with Crippen LogP contribution in [0.3, 0.4) is 0 Å². The van der Waals surface area contributed by atoms with Crippen LogP contribution in [0.1, 0.15) is 40.0 Å². The first-order valence-corrected chi connectivity index (χ1v) is 5.73. The molecular weight excluding hydrogens is 190 g/mol. The fourth-order valence-corrected chi connectivity index (χ4v) is 1.99. The van der Waals surface area contributed by atoms with Gasteiger partial charge in [-0.1, -0.05) is 0 Å². The largest absolute Gasteiger partial charge is 0.333 e. The van der Waals surface area contributed by atoms with Crippen LogP contribution in [0, 0.1) is 0 Å². The van der Waals surface area contributed by atoms with E-state index in [1.807, 2.05) is 25.7 Å². The van der Waals surface area contributed by atoms with Crippen LogP contribution in [0.25, 0.3) is 0 Å². The molecule has 0 saturated carbocycles. The molecule has 0 aromatic heterocycles. The molecule has 0 aromatic carbocycles. The second-order valence-corrected chi connectivity index (χ2v) is 5.25. The Labute approximate surface area is 92.2 Å². The Balaban J connectivity index is 2.51. The van der Waals surface area contributed by atoms with Gasteiger partial charge in [-0.05, 0) is 46.6 Å². The van der Waals surface area contributed by atoms with Gasteiger partial charge in [-0.25, -0.2) is 4.79 Å². The maximum absolute atomic E-state index is 11.9.